The smallest absolute Gasteiger partial charge is 0.308 e. The highest BCUT2D eigenvalue weighted by molar-refractivity contribution is 14.1. The Balaban J connectivity index is 2.20. The number of carboxylic acid groups (broad SMARTS) is 1. The number of hydrogen-bond donors (Lipinski definition) is 1. The Morgan fingerprint density at radius 2 is 2.39 bits per heavy atom. The highest BCUT2D eigenvalue weighted by atomic mass is 127. The van der Waals surface area contributed by atoms with E-state index in [0.717, 1.165) is 23.5 Å². The van der Waals surface area contributed by atoms with Gasteiger partial charge in [-0.25, -0.2) is 15.0 Å². The van der Waals surface area contributed by atoms with Gasteiger partial charge in [-0.15, -0.1) is 11.3 Å². The van der Waals surface area contributed by atoms with E-state index in [1.807, 2.05) is 6.92 Å². The zero-order valence-corrected chi connectivity index (χ0v) is 13.0. The first-order valence-corrected chi connectivity index (χ1v) is 7.59. The van der Waals surface area contributed by atoms with Crippen LogP contribution < -0.4 is 0 Å². The van der Waals surface area contributed by atoms with Gasteiger partial charge in [-0.3, -0.25) is 4.79 Å². The number of halogens is 1. The Hall–Kier alpha value is -0.740. The van der Waals surface area contributed by atoms with Gasteiger partial charge in [0.1, 0.15) is 11.4 Å². The summed E-state index contributed by atoms with van der Waals surface area (Å²) in [7, 11) is 0. The summed E-state index contributed by atoms with van der Waals surface area (Å²) >= 11 is 4.99. The normalized spacial score (nSPS) is 10.6. The Kier molecular flexibility index (Phi) is 4.51. The molecular formula is C10H8IN3O2S2. The van der Waals surface area contributed by atoms with Crippen molar-refractivity contribution in [3.05, 3.63) is 26.7 Å². The summed E-state index contributed by atoms with van der Waals surface area (Å²) in [4.78, 5) is 23.9. The van der Waals surface area contributed by atoms with Crippen LogP contribution in [0, 0.1) is 10.5 Å². The molecule has 0 amide bonds. The van der Waals surface area contributed by atoms with Gasteiger partial charge in [0.2, 0.25) is 0 Å². The van der Waals surface area contributed by atoms with Crippen LogP contribution in [0.2, 0.25) is 0 Å². The standard InChI is InChI=1S/C10H8IN3O2S2/c1-5-7(2-8(15)16)17-10(14-5)18-9-6(11)3-12-4-13-9/h3-4H,2H2,1H3,(H,15,16). The summed E-state index contributed by atoms with van der Waals surface area (Å²) in [5, 5.41) is 9.62. The van der Waals surface area contributed by atoms with Crippen molar-refractivity contribution in [2.45, 2.75) is 22.7 Å². The average molecular weight is 393 g/mol. The molecule has 1 N–H and O–H groups in total. The largest absolute Gasteiger partial charge is 0.481 e. The number of carbonyl (C=O) groups is 1. The van der Waals surface area contributed by atoms with Crippen LogP contribution in [0.25, 0.3) is 0 Å². The van der Waals surface area contributed by atoms with E-state index in [9.17, 15) is 4.79 Å². The highest BCUT2D eigenvalue weighted by Gasteiger charge is 2.13. The molecule has 0 fully saturated rings. The topological polar surface area (TPSA) is 76.0 Å². The number of aliphatic carboxylic acids is 1. The van der Waals surface area contributed by atoms with Crippen LogP contribution in [0.1, 0.15) is 10.6 Å². The fourth-order valence-electron chi connectivity index (χ4n) is 1.21. The maximum Gasteiger partial charge on any atom is 0.308 e. The van der Waals surface area contributed by atoms with E-state index < -0.39 is 5.97 Å². The van der Waals surface area contributed by atoms with Crippen LogP contribution in [-0.4, -0.2) is 26.0 Å². The number of carboxylic acids is 1. The van der Waals surface area contributed by atoms with Crippen molar-refractivity contribution in [1.29, 1.82) is 0 Å². The lowest BCUT2D eigenvalue weighted by atomic mass is 10.3. The average Bonchev–Trinajstić information content (AvgIpc) is 2.62. The van der Waals surface area contributed by atoms with Crippen molar-refractivity contribution in [2.24, 2.45) is 0 Å². The van der Waals surface area contributed by atoms with Gasteiger partial charge in [0.15, 0.2) is 4.34 Å². The fourth-order valence-corrected chi connectivity index (χ4v) is 3.92. The van der Waals surface area contributed by atoms with E-state index in [2.05, 4.69) is 37.5 Å². The van der Waals surface area contributed by atoms with Gasteiger partial charge in [-0.05, 0) is 41.3 Å². The molecule has 94 valence electrons. The molecule has 2 heterocycles. The predicted molar refractivity (Wildman–Crippen MR) is 77.1 cm³/mol. The van der Waals surface area contributed by atoms with E-state index in [1.165, 1.54) is 29.4 Å². The zero-order valence-electron chi connectivity index (χ0n) is 9.25. The van der Waals surface area contributed by atoms with Crippen LogP contribution in [0.15, 0.2) is 21.9 Å². The molecule has 5 nitrogen and oxygen atoms in total. The van der Waals surface area contributed by atoms with Gasteiger partial charge in [0.05, 0.1) is 15.7 Å². The summed E-state index contributed by atoms with van der Waals surface area (Å²) in [6.07, 6.45) is 3.24. The minimum Gasteiger partial charge on any atom is -0.481 e. The second-order valence-corrected chi connectivity index (χ2v) is 6.82. The summed E-state index contributed by atoms with van der Waals surface area (Å²) in [6.45, 7) is 1.82. The monoisotopic (exact) mass is 393 g/mol. The lowest BCUT2D eigenvalue weighted by Crippen LogP contribution is -1.99. The Bertz CT molecular complexity index is 588. The minimum atomic E-state index is -0.838. The lowest BCUT2D eigenvalue weighted by molar-refractivity contribution is -0.136. The third-order valence-corrected chi connectivity index (χ3v) is 5.39. The molecule has 0 aromatic carbocycles. The highest BCUT2D eigenvalue weighted by Crippen LogP contribution is 2.33. The number of nitrogens with zero attached hydrogens (tertiary/aromatic N) is 3. The number of aromatic nitrogens is 3. The van der Waals surface area contributed by atoms with Crippen molar-refractivity contribution in [1.82, 2.24) is 15.0 Å². The van der Waals surface area contributed by atoms with Crippen molar-refractivity contribution >= 4 is 51.7 Å². The van der Waals surface area contributed by atoms with Crippen LogP contribution >= 0.6 is 45.7 Å². The maximum absolute atomic E-state index is 10.7. The SMILES string of the molecule is Cc1nc(Sc2ncncc2I)sc1CC(=O)O. The van der Waals surface area contributed by atoms with E-state index in [1.54, 1.807) is 6.20 Å². The van der Waals surface area contributed by atoms with Gasteiger partial charge in [-0.1, -0.05) is 0 Å². The fraction of sp³-hybridized carbons (Fsp3) is 0.200. The maximum atomic E-state index is 10.7. The molecule has 2 rings (SSSR count). The zero-order chi connectivity index (χ0) is 13.1. The molecule has 0 aliphatic heterocycles. The molecule has 0 atom stereocenters. The second kappa shape index (κ2) is 5.93. The first-order chi connectivity index (χ1) is 8.56. The van der Waals surface area contributed by atoms with Crippen molar-refractivity contribution in [3.63, 3.8) is 0 Å². The van der Waals surface area contributed by atoms with Crippen LogP contribution in [0.5, 0.6) is 0 Å². The van der Waals surface area contributed by atoms with Crippen LogP contribution in [0.4, 0.5) is 0 Å². The molecule has 8 heteroatoms. The third kappa shape index (κ3) is 3.39. The number of thiazole rings is 1. The number of rotatable bonds is 4. The molecule has 0 aliphatic rings. The molecule has 0 saturated carbocycles. The molecule has 2 aromatic heterocycles. The van der Waals surface area contributed by atoms with E-state index in [0.29, 0.717) is 0 Å². The van der Waals surface area contributed by atoms with E-state index >= 15 is 0 Å². The minimum absolute atomic E-state index is 0.0188. The number of hydrogen-bond acceptors (Lipinski definition) is 6. The summed E-state index contributed by atoms with van der Waals surface area (Å²) in [5.41, 5.74) is 0.772. The molecule has 0 aliphatic carbocycles. The molecule has 0 saturated heterocycles. The Labute approximate surface area is 125 Å². The van der Waals surface area contributed by atoms with Crippen LogP contribution in [0.3, 0.4) is 0 Å². The second-order valence-electron chi connectivity index (χ2n) is 3.34. The molecule has 0 unspecified atom stereocenters. The van der Waals surface area contributed by atoms with Gasteiger partial charge in [-0.2, -0.15) is 0 Å². The summed E-state index contributed by atoms with van der Waals surface area (Å²) < 4.78 is 1.76. The molecule has 0 radical (unpaired) electrons. The molecular weight excluding hydrogens is 385 g/mol. The van der Waals surface area contributed by atoms with Crippen LogP contribution in [-0.2, 0) is 11.2 Å². The number of aryl methyl sites for hydroxylation is 1. The summed E-state index contributed by atoms with van der Waals surface area (Å²) in [6, 6.07) is 0. The van der Waals surface area contributed by atoms with Crippen molar-refractivity contribution in [2.75, 3.05) is 0 Å². The van der Waals surface area contributed by atoms with Crippen molar-refractivity contribution in [3.8, 4) is 0 Å². The summed E-state index contributed by atoms with van der Waals surface area (Å²) in [5.74, 6) is -0.838. The van der Waals surface area contributed by atoms with Crippen molar-refractivity contribution < 1.29 is 9.90 Å². The molecule has 0 bridgehead atoms. The third-order valence-electron chi connectivity index (χ3n) is 2.00. The lowest BCUT2D eigenvalue weighted by Gasteiger charge is -1.97. The first-order valence-electron chi connectivity index (χ1n) is 4.87. The van der Waals surface area contributed by atoms with Gasteiger partial charge in [0, 0.05) is 11.1 Å². The predicted octanol–water partition coefficient (Wildman–Crippen LogP) is 2.62. The van der Waals surface area contributed by atoms with E-state index in [-0.39, 0.29) is 6.42 Å². The molecule has 2 aromatic rings. The first kappa shape index (κ1) is 13.7. The Morgan fingerprint density at radius 1 is 1.61 bits per heavy atom. The van der Waals surface area contributed by atoms with Gasteiger partial charge < -0.3 is 5.11 Å². The van der Waals surface area contributed by atoms with Gasteiger partial charge >= 0.3 is 5.97 Å². The molecule has 18 heavy (non-hydrogen) atoms. The molecule has 0 spiro atoms. The van der Waals surface area contributed by atoms with E-state index in [4.69, 9.17) is 5.11 Å². The van der Waals surface area contributed by atoms with Gasteiger partial charge in [0.25, 0.3) is 0 Å². The quantitative estimate of drug-likeness (QED) is 0.636. The Morgan fingerprint density at radius 3 is 3.06 bits per heavy atom.